The SMILES string of the molecule is O=C(NC1CC1)c1ccc(COc2ccc3c(c2)[C@@H](c2ccccc2)N(Cc2ccccc2F)CC3)o1. The predicted molar refractivity (Wildman–Crippen MR) is 139 cm³/mol. The van der Waals surface area contributed by atoms with Gasteiger partial charge in [0, 0.05) is 24.7 Å². The number of carbonyl (C=O) groups is 1. The van der Waals surface area contributed by atoms with Crippen LogP contribution in [0.1, 0.15) is 57.5 Å². The molecule has 3 aromatic carbocycles. The molecule has 4 aromatic rings. The van der Waals surface area contributed by atoms with E-state index >= 15 is 0 Å². The molecule has 1 amide bonds. The van der Waals surface area contributed by atoms with Crippen LogP contribution in [0.15, 0.2) is 89.3 Å². The molecule has 0 saturated heterocycles. The Hall–Kier alpha value is -3.90. The minimum absolute atomic E-state index is 0.0190. The first kappa shape index (κ1) is 23.5. The maximum absolute atomic E-state index is 14.5. The standard InChI is InChI=1S/C31H29FN2O3/c32-28-9-5-4-8-23(28)19-34-17-16-21-10-13-25(18-27(21)30(34)22-6-2-1-3-7-22)36-20-26-14-15-29(37-26)31(35)33-24-11-12-24/h1-10,13-15,18,24,30H,11-12,16-17,19-20H2,(H,33,35)/t30-/m1/s1. The van der Waals surface area contributed by atoms with Crippen LogP contribution < -0.4 is 10.1 Å². The highest BCUT2D eigenvalue weighted by atomic mass is 19.1. The molecule has 1 aromatic heterocycles. The van der Waals surface area contributed by atoms with E-state index < -0.39 is 0 Å². The molecule has 0 radical (unpaired) electrons. The van der Waals surface area contributed by atoms with Crippen LogP contribution in [-0.4, -0.2) is 23.4 Å². The zero-order valence-electron chi connectivity index (χ0n) is 20.5. The lowest BCUT2D eigenvalue weighted by atomic mass is 9.87. The quantitative estimate of drug-likeness (QED) is 0.323. The molecule has 5 nitrogen and oxygen atoms in total. The largest absolute Gasteiger partial charge is 0.486 e. The van der Waals surface area contributed by atoms with E-state index in [4.69, 9.17) is 9.15 Å². The molecule has 0 spiro atoms. The van der Waals surface area contributed by atoms with Crippen molar-refractivity contribution in [3.63, 3.8) is 0 Å². The van der Waals surface area contributed by atoms with Crippen LogP contribution in [0.25, 0.3) is 0 Å². The third-order valence-electron chi connectivity index (χ3n) is 7.07. The Morgan fingerprint density at radius 1 is 1.00 bits per heavy atom. The maximum atomic E-state index is 14.5. The van der Waals surface area contributed by atoms with Crippen LogP contribution in [0.2, 0.25) is 0 Å². The summed E-state index contributed by atoms with van der Waals surface area (Å²) in [5.41, 5.74) is 4.28. The number of ether oxygens (including phenoxy) is 1. The van der Waals surface area contributed by atoms with Crippen LogP contribution in [0.3, 0.4) is 0 Å². The molecule has 37 heavy (non-hydrogen) atoms. The number of hydrogen-bond donors (Lipinski definition) is 1. The molecule has 0 unspecified atom stereocenters. The van der Waals surface area contributed by atoms with Crippen molar-refractivity contribution >= 4 is 5.91 Å². The summed E-state index contributed by atoms with van der Waals surface area (Å²) in [5.74, 6) is 1.28. The number of carbonyl (C=O) groups excluding carboxylic acids is 1. The third kappa shape index (κ3) is 5.30. The second kappa shape index (κ2) is 10.2. The molecule has 0 bridgehead atoms. The number of amides is 1. The van der Waals surface area contributed by atoms with Gasteiger partial charge in [0.2, 0.25) is 0 Å². The summed E-state index contributed by atoms with van der Waals surface area (Å²) in [6.07, 6.45) is 2.94. The van der Waals surface area contributed by atoms with Gasteiger partial charge in [0.05, 0.1) is 6.04 Å². The van der Waals surface area contributed by atoms with E-state index in [0.29, 0.717) is 23.6 Å². The van der Waals surface area contributed by atoms with Gasteiger partial charge in [-0.15, -0.1) is 0 Å². The highest BCUT2D eigenvalue weighted by molar-refractivity contribution is 5.91. The molecule has 1 saturated carbocycles. The molecule has 1 aliphatic carbocycles. The molecule has 1 aliphatic heterocycles. The van der Waals surface area contributed by atoms with E-state index in [0.717, 1.165) is 42.7 Å². The first-order chi connectivity index (χ1) is 18.1. The number of halogens is 1. The Bertz CT molecular complexity index is 1400. The van der Waals surface area contributed by atoms with Crippen molar-refractivity contribution in [2.75, 3.05) is 6.54 Å². The monoisotopic (exact) mass is 496 g/mol. The Labute approximate surface area is 215 Å². The van der Waals surface area contributed by atoms with Gasteiger partial charge in [-0.1, -0.05) is 54.6 Å². The summed E-state index contributed by atoms with van der Waals surface area (Å²) in [6.45, 7) is 1.58. The average Bonchev–Trinajstić information content (AvgIpc) is 3.61. The normalized spacial score (nSPS) is 17.3. The van der Waals surface area contributed by atoms with E-state index in [2.05, 4.69) is 34.5 Å². The van der Waals surface area contributed by atoms with Crippen LogP contribution >= 0.6 is 0 Å². The minimum Gasteiger partial charge on any atom is -0.486 e. The fraction of sp³-hybridized carbons (Fsp3) is 0.258. The number of benzene rings is 3. The summed E-state index contributed by atoms with van der Waals surface area (Å²) >= 11 is 0. The van der Waals surface area contributed by atoms with Crippen LogP contribution in [0, 0.1) is 5.82 Å². The lowest BCUT2D eigenvalue weighted by Crippen LogP contribution is -2.36. The van der Waals surface area contributed by atoms with E-state index in [1.54, 1.807) is 18.2 Å². The number of fused-ring (bicyclic) bond motifs is 1. The second-order valence-corrected chi connectivity index (χ2v) is 9.79. The van der Waals surface area contributed by atoms with Gasteiger partial charge >= 0.3 is 0 Å². The Morgan fingerprint density at radius 3 is 2.62 bits per heavy atom. The number of nitrogens with one attached hydrogen (secondary N) is 1. The number of hydrogen-bond acceptors (Lipinski definition) is 4. The van der Waals surface area contributed by atoms with Crippen molar-refractivity contribution in [2.45, 2.75) is 44.5 Å². The Kier molecular flexibility index (Phi) is 6.49. The van der Waals surface area contributed by atoms with Gasteiger partial charge in [0.15, 0.2) is 5.76 Å². The van der Waals surface area contributed by atoms with E-state index in [9.17, 15) is 9.18 Å². The number of nitrogens with zero attached hydrogens (tertiary/aromatic N) is 1. The van der Waals surface area contributed by atoms with Crippen LogP contribution in [0.5, 0.6) is 5.75 Å². The van der Waals surface area contributed by atoms with Gasteiger partial charge in [0.25, 0.3) is 5.91 Å². The molecule has 188 valence electrons. The van der Waals surface area contributed by atoms with Crippen LogP contribution in [-0.2, 0) is 19.6 Å². The summed E-state index contributed by atoms with van der Waals surface area (Å²) in [6, 6.07) is 27.3. The van der Waals surface area contributed by atoms with Gasteiger partial charge in [-0.3, -0.25) is 9.69 Å². The smallest absolute Gasteiger partial charge is 0.287 e. The lowest BCUT2D eigenvalue weighted by Gasteiger charge is -2.38. The van der Waals surface area contributed by atoms with E-state index in [1.807, 2.05) is 36.4 Å². The molecule has 1 atom stereocenters. The zero-order chi connectivity index (χ0) is 25.2. The Morgan fingerprint density at radius 2 is 1.81 bits per heavy atom. The third-order valence-corrected chi connectivity index (χ3v) is 7.07. The van der Waals surface area contributed by atoms with E-state index in [-0.39, 0.29) is 30.4 Å². The summed E-state index contributed by atoms with van der Waals surface area (Å²) in [4.78, 5) is 14.6. The first-order valence-corrected chi connectivity index (χ1v) is 12.8. The van der Waals surface area contributed by atoms with Crippen LogP contribution in [0.4, 0.5) is 4.39 Å². The fourth-order valence-electron chi connectivity index (χ4n) is 4.99. The molecule has 1 fully saturated rings. The number of rotatable bonds is 8. The predicted octanol–water partition coefficient (Wildman–Crippen LogP) is 6.04. The zero-order valence-corrected chi connectivity index (χ0v) is 20.5. The molecular formula is C31H29FN2O3. The van der Waals surface area contributed by atoms with Gasteiger partial charge in [-0.05, 0) is 66.3 Å². The van der Waals surface area contributed by atoms with Gasteiger partial charge in [0.1, 0.15) is 23.9 Å². The van der Waals surface area contributed by atoms with Gasteiger partial charge < -0.3 is 14.5 Å². The summed E-state index contributed by atoms with van der Waals surface area (Å²) < 4.78 is 26.3. The molecule has 1 N–H and O–H groups in total. The van der Waals surface area contributed by atoms with E-state index in [1.165, 1.54) is 11.6 Å². The summed E-state index contributed by atoms with van der Waals surface area (Å²) in [7, 11) is 0. The van der Waals surface area contributed by atoms with Crippen molar-refractivity contribution in [1.82, 2.24) is 10.2 Å². The van der Waals surface area contributed by atoms with Crippen molar-refractivity contribution in [2.24, 2.45) is 0 Å². The molecule has 6 rings (SSSR count). The molecule has 2 aliphatic rings. The van der Waals surface area contributed by atoms with Crippen molar-refractivity contribution in [3.05, 3.63) is 125 Å². The van der Waals surface area contributed by atoms with Crippen molar-refractivity contribution < 1.29 is 18.3 Å². The van der Waals surface area contributed by atoms with Gasteiger partial charge in [-0.25, -0.2) is 4.39 Å². The fourth-order valence-corrected chi connectivity index (χ4v) is 4.99. The van der Waals surface area contributed by atoms with Gasteiger partial charge in [-0.2, -0.15) is 0 Å². The highest BCUT2D eigenvalue weighted by Crippen LogP contribution is 2.38. The van der Waals surface area contributed by atoms with Crippen molar-refractivity contribution in [3.8, 4) is 5.75 Å². The summed E-state index contributed by atoms with van der Waals surface area (Å²) in [5, 5.41) is 2.94. The Balaban J connectivity index is 1.23. The second-order valence-electron chi connectivity index (χ2n) is 9.79. The lowest BCUT2D eigenvalue weighted by molar-refractivity contribution is 0.0919. The molecule has 2 heterocycles. The number of furan rings is 1. The highest BCUT2D eigenvalue weighted by Gasteiger charge is 2.30. The molecule has 6 heteroatoms. The maximum Gasteiger partial charge on any atom is 0.287 e. The minimum atomic E-state index is -0.180. The average molecular weight is 497 g/mol. The first-order valence-electron chi connectivity index (χ1n) is 12.8. The van der Waals surface area contributed by atoms with Crippen molar-refractivity contribution in [1.29, 1.82) is 0 Å². The molecular weight excluding hydrogens is 467 g/mol. The topological polar surface area (TPSA) is 54.7 Å².